The average molecular weight is 360 g/mol. The molecule has 0 spiro atoms. The van der Waals surface area contributed by atoms with Crippen LogP contribution in [0.2, 0.25) is 0 Å². The van der Waals surface area contributed by atoms with E-state index in [4.69, 9.17) is 4.74 Å². The number of carbonyl (C=O) groups is 3. The van der Waals surface area contributed by atoms with Gasteiger partial charge in [0, 0.05) is 5.56 Å². The first kappa shape index (κ1) is 17.0. The molecule has 0 N–H and O–H groups in total. The molecule has 0 radical (unpaired) electrons. The zero-order chi connectivity index (χ0) is 19.0. The molecule has 6 heteroatoms. The Morgan fingerprint density at radius 2 is 1.59 bits per heavy atom. The van der Waals surface area contributed by atoms with E-state index in [1.54, 1.807) is 31.2 Å². The van der Waals surface area contributed by atoms with Crippen LogP contribution in [0.3, 0.4) is 0 Å². The van der Waals surface area contributed by atoms with E-state index in [-0.39, 0.29) is 6.61 Å². The van der Waals surface area contributed by atoms with Gasteiger partial charge in [-0.15, -0.1) is 0 Å². The van der Waals surface area contributed by atoms with Crippen LogP contribution in [0.4, 0.5) is 0 Å². The predicted molar refractivity (Wildman–Crippen MR) is 96.3 cm³/mol. The van der Waals surface area contributed by atoms with Crippen molar-refractivity contribution in [3.05, 3.63) is 71.3 Å². The van der Waals surface area contributed by atoms with Crippen LogP contribution in [0.15, 0.2) is 54.6 Å². The number of hydrazine groups is 1. The van der Waals surface area contributed by atoms with Gasteiger partial charge in [0.05, 0.1) is 17.7 Å². The molecule has 0 aliphatic carbocycles. The van der Waals surface area contributed by atoms with Crippen LogP contribution >= 0.6 is 0 Å². The first-order valence-electron chi connectivity index (χ1n) is 8.62. The van der Waals surface area contributed by atoms with E-state index in [9.17, 15) is 14.4 Å². The number of amides is 2. The fraction of sp³-hybridized carbons (Fsp3) is 0.190. The Balaban J connectivity index is 1.64. The molecule has 4 rings (SSSR count). The summed E-state index contributed by atoms with van der Waals surface area (Å²) in [6, 6.07) is 14.5. The molecule has 3 atom stereocenters. The second kappa shape index (κ2) is 6.71. The van der Waals surface area contributed by atoms with Gasteiger partial charge in [-0.05, 0) is 31.2 Å². The zero-order valence-electron chi connectivity index (χ0n) is 14.6. The number of rotatable bonds is 3. The summed E-state index contributed by atoms with van der Waals surface area (Å²) in [7, 11) is 0. The molecule has 1 fully saturated rings. The van der Waals surface area contributed by atoms with Gasteiger partial charge in [0.25, 0.3) is 11.8 Å². The average Bonchev–Trinajstić information content (AvgIpc) is 3.34. The van der Waals surface area contributed by atoms with Crippen LogP contribution in [-0.2, 0) is 9.53 Å². The van der Waals surface area contributed by atoms with Crippen molar-refractivity contribution in [2.75, 3.05) is 6.61 Å². The summed E-state index contributed by atoms with van der Waals surface area (Å²) >= 11 is 0. The van der Waals surface area contributed by atoms with Gasteiger partial charge in [-0.25, -0.2) is 0 Å². The second-order valence-corrected chi connectivity index (χ2v) is 6.12. The molecular formula is C21H16N2O4. The minimum Gasteiger partial charge on any atom is -0.465 e. The standard InChI is InChI=1S/C21H16N2O4/c1-2-27-21(26)18-17(13-12-14-8-4-3-5-9-14)22(18)23-19(24)15-10-6-7-11-16(15)20(23)25/h3-11,17-18H,2H2,1H3. The Kier molecular flexibility index (Phi) is 4.22. The molecule has 2 aromatic rings. The SMILES string of the molecule is CCOC(=O)C1C(C#Cc2ccccc2)N1N1C(=O)c2ccccc2C1=O. The minimum absolute atomic E-state index is 0.212. The van der Waals surface area contributed by atoms with Crippen molar-refractivity contribution >= 4 is 17.8 Å². The van der Waals surface area contributed by atoms with E-state index in [1.807, 2.05) is 30.3 Å². The first-order chi connectivity index (χ1) is 13.1. The van der Waals surface area contributed by atoms with Gasteiger partial charge in [-0.1, -0.05) is 42.2 Å². The summed E-state index contributed by atoms with van der Waals surface area (Å²) in [5.74, 6) is 4.58. The number of imide groups is 1. The lowest BCUT2D eigenvalue weighted by molar-refractivity contribution is -0.144. The number of ether oxygens (including phenoxy) is 1. The Morgan fingerprint density at radius 3 is 2.19 bits per heavy atom. The van der Waals surface area contributed by atoms with Crippen LogP contribution in [0.25, 0.3) is 0 Å². The third-order valence-electron chi connectivity index (χ3n) is 4.45. The van der Waals surface area contributed by atoms with Crippen molar-refractivity contribution < 1.29 is 19.1 Å². The summed E-state index contributed by atoms with van der Waals surface area (Å²) in [6.45, 7) is 1.92. The van der Waals surface area contributed by atoms with E-state index in [0.717, 1.165) is 10.6 Å². The first-order valence-corrected chi connectivity index (χ1v) is 8.62. The van der Waals surface area contributed by atoms with Gasteiger partial charge >= 0.3 is 5.97 Å². The quantitative estimate of drug-likeness (QED) is 0.362. The monoisotopic (exact) mass is 360 g/mol. The number of nitrogens with zero attached hydrogens (tertiary/aromatic N) is 2. The summed E-state index contributed by atoms with van der Waals surface area (Å²) in [5.41, 5.74) is 1.44. The Hall–Kier alpha value is -3.43. The number of hydrogen-bond donors (Lipinski definition) is 0. The third kappa shape index (κ3) is 2.88. The number of carbonyl (C=O) groups excluding carboxylic acids is 3. The lowest BCUT2D eigenvalue weighted by Gasteiger charge is -2.15. The van der Waals surface area contributed by atoms with Gasteiger partial charge in [-0.2, -0.15) is 10.0 Å². The molecule has 0 aromatic heterocycles. The largest absolute Gasteiger partial charge is 0.465 e. The highest BCUT2D eigenvalue weighted by molar-refractivity contribution is 6.21. The van der Waals surface area contributed by atoms with Crippen molar-refractivity contribution in [2.45, 2.75) is 19.0 Å². The molecule has 2 aliphatic rings. The highest BCUT2D eigenvalue weighted by Gasteiger charge is 2.61. The lowest BCUT2D eigenvalue weighted by Crippen LogP contribution is -2.38. The maximum atomic E-state index is 12.7. The molecule has 2 heterocycles. The number of benzene rings is 2. The van der Waals surface area contributed by atoms with E-state index in [1.165, 1.54) is 5.01 Å². The molecule has 3 unspecified atom stereocenters. The van der Waals surface area contributed by atoms with Crippen molar-refractivity contribution in [3.63, 3.8) is 0 Å². The summed E-state index contributed by atoms with van der Waals surface area (Å²) in [5, 5.41) is 2.41. The van der Waals surface area contributed by atoms with Gasteiger partial charge in [-0.3, -0.25) is 14.4 Å². The minimum atomic E-state index is -0.775. The van der Waals surface area contributed by atoms with Crippen LogP contribution in [0.5, 0.6) is 0 Å². The lowest BCUT2D eigenvalue weighted by atomic mass is 10.1. The highest BCUT2D eigenvalue weighted by atomic mass is 16.5. The van der Waals surface area contributed by atoms with Gasteiger partial charge in [0.2, 0.25) is 0 Å². The fourth-order valence-electron chi connectivity index (χ4n) is 3.14. The van der Waals surface area contributed by atoms with Crippen molar-refractivity contribution in [1.29, 1.82) is 0 Å². The summed E-state index contributed by atoms with van der Waals surface area (Å²) < 4.78 is 5.09. The predicted octanol–water partition coefficient (Wildman–Crippen LogP) is 1.87. The summed E-state index contributed by atoms with van der Waals surface area (Å²) in [6.07, 6.45) is 0. The van der Waals surface area contributed by atoms with E-state index in [0.29, 0.717) is 11.1 Å². The zero-order valence-corrected chi connectivity index (χ0v) is 14.6. The molecule has 134 valence electrons. The van der Waals surface area contributed by atoms with Gasteiger partial charge in [0.15, 0.2) is 6.04 Å². The van der Waals surface area contributed by atoms with E-state index < -0.39 is 29.9 Å². The Morgan fingerprint density at radius 1 is 1.00 bits per heavy atom. The Labute approximate surface area is 156 Å². The van der Waals surface area contributed by atoms with Crippen LogP contribution in [-0.4, -0.2) is 46.5 Å². The fourth-order valence-corrected chi connectivity index (χ4v) is 3.14. The topological polar surface area (TPSA) is 66.7 Å². The van der Waals surface area contributed by atoms with Gasteiger partial charge in [0.1, 0.15) is 6.04 Å². The molecule has 0 saturated carbocycles. The van der Waals surface area contributed by atoms with Crippen LogP contribution in [0, 0.1) is 11.8 Å². The van der Waals surface area contributed by atoms with Gasteiger partial charge < -0.3 is 4.74 Å². The number of hydrogen-bond acceptors (Lipinski definition) is 5. The van der Waals surface area contributed by atoms with Crippen molar-refractivity contribution in [2.24, 2.45) is 0 Å². The number of fused-ring (bicyclic) bond motifs is 1. The highest BCUT2D eigenvalue weighted by Crippen LogP contribution is 2.36. The second-order valence-electron chi connectivity index (χ2n) is 6.12. The van der Waals surface area contributed by atoms with Crippen LogP contribution in [0.1, 0.15) is 33.2 Å². The summed E-state index contributed by atoms with van der Waals surface area (Å²) in [4.78, 5) is 37.7. The third-order valence-corrected chi connectivity index (χ3v) is 4.45. The molecule has 0 bridgehead atoms. The van der Waals surface area contributed by atoms with Crippen molar-refractivity contribution in [1.82, 2.24) is 10.0 Å². The molecular weight excluding hydrogens is 344 g/mol. The molecule has 6 nitrogen and oxygen atoms in total. The van der Waals surface area contributed by atoms with E-state index >= 15 is 0 Å². The number of esters is 1. The molecule has 2 amide bonds. The Bertz CT molecular complexity index is 955. The molecule has 2 aromatic carbocycles. The van der Waals surface area contributed by atoms with Crippen molar-refractivity contribution in [3.8, 4) is 11.8 Å². The normalized spacial score (nSPS) is 22.7. The molecule has 1 saturated heterocycles. The molecule has 2 aliphatic heterocycles. The maximum absolute atomic E-state index is 12.7. The molecule has 27 heavy (non-hydrogen) atoms. The van der Waals surface area contributed by atoms with E-state index in [2.05, 4.69) is 11.8 Å². The maximum Gasteiger partial charge on any atom is 0.328 e. The smallest absolute Gasteiger partial charge is 0.328 e. The van der Waals surface area contributed by atoms with Crippen LogP contribution < -0.4 is 0 Å².